The van der Waals surface area contributed by atoms with Crippen LogP contribution in [0.15, 0.2) is 108 Å². The quantitative estimate of drug-likeness (QED) is 0.149. The predicted octanol–water partition coefficient (Wildman–Crippen LogP) is 7.14. The second-order valence-corrected chi connectivity index (χ2v) is 11.1. The van der Waals surface area contributed by atoms with Crippen molar-refractivity contribution in [1.82, 2.24) is 5.32 Å². The van der Waals surface area contributed by atoms with E-state index in [2.05, 4.69) is 16.0 Å². The van der Waals surface area contributed by atoms with E-state index in [1.54, 1.807) is 36.4 Å². The van der Waals surface area contributed by atoms with Gasteiger partial charge in [0.25, 0.3) is 11.8 Å². The molecule has 1 unspecified atom stereocenters. The Labute approximate surface area is 245 Å². The average molecular weight is 564 g/mol. The number of thioether (sulfide) groups is 1. The molecule has 0 aliphatic heterocycles. The van der Waals surface area contributed by atoms with Crippen molar-refractivity contribution in [3.63, 3.8) is 0 Å². The van der Waals surface area contributed by atoms with E-state index in [-0.39, 0.29) is 22.8 Å². The summed E-state index contributed by atoms with van der Waals surface area (Å²) in [6.45, 7) is 7.73. The summed E-state index contributed by atoms with van der Waals surface area (Å²) < 4.78 is 0. The number of nitrogens with one attached hydrogen (secondary N) is 3. The molecule has 4 rings (SSSR count). The van der Waals surface area contributed by atoms with Gasteiger partial charge in [-0.2, -0.15) is 0 Å². The second-order valence-electron chi connectivity index (χ2n) is 9.73. The zero-order valence-electron chi connectivity index (χ0n) is 23.5. The van der Waals surface area contributed by atoms with Gasteiger partial charge in [0.05, 0.1) is 5.25 Å². The molecule has 0 spiro atoms. The Bertz CT molecular complexity index is 1580. The molecule has 4 aromatic rings. The summed E-state index contributed by atoms with van der Waals surface area (Å²) in [4.78, 5) is 40.1. The number of anilines is 2. The number of carbonyl (C=O) groups is 3. The summed E-state index contributed by atoms with van der Waals surface area (Å²) in [5.41, 5.74) is 5.75. The highest BCUT2D eigenvalue weighted by molar-refractivity contribution is 8.00. The Morgan fingerprint density at radius 1 is 0.732 bits per heavy atom. The van der Waals surface area contributed by atoms with E-state index in [9.17, 15) is 14.4 Å². The van der Waals surface area contributed by atoms with Crippen molar-refractivity contribution in [3.8, 4) is 0 Å². The van der Waals surface area contributed by atoms with Crippen molar-refractivity contribution < 1.29 is 14.4 Å². The molecular weight excluding hydrogens is 530 g/mol. The van der Waals surface area contributed by atoms with Crippen molar-refractivity contribution >= 4 is 46.9 Å². The van der Waals surface area contributed by atoms with Gasteiger partial charge in [-0.05, 0) is 86.4 Å². The van der Waals surface area contributed by atoms with E-state index in [0.29, 0.717) is 11.3 Å². The fraction of sp³-hybridized carbons (Fsp3) is 0.147. The first-order valence-corrected chi connectivity index (χ1v) is 14.2. The molecule has 0 aromatic heterocycles. The molecule has 0 aliphatic rings. The number of carbonyl (C=O) groups excluding carboxylic acids is 3. The van der Waals surface area contributed by atoms with Crippen LogP contribution in [0.25, 0.3) is 6.08 Å². The molecular formula is C34H33N3O3S. The third kappa shape index (κ3) is 7.96. The summed E-state index contributed by atoms with van der Waals surface area (Å²) in [5, 5.41) is 8.34. The molecule has 208 valence electrons. The third-order valence-corrected chi connectivity index (χ3v) is 7.61. The topological polar surface area (TPSA) is 87.3 Å². The molecule has 0 saturated carbocycles. The van der Waals surface area contributed by atoms with E-state index < -0.39 is 5.91 Å². The van der Waals surface area contributed by atoms with Gasteiger partial charge in [0.1, 0.15) is 5.70 Å². The van der Waals surface area contributed by atoms with Gasteiger partial charge in [-0.3, -0.25) is 14.4 Å². The number of amides is 3. The van der Waals surface area contributed by atoms with Gasteiger partial charge < -0.3 is 16.0 Å². The molecule has 1 atom stereocenters. The SMILES string of the molecule is Cc1ccccc1/C=C(\NC(=O)c1ccccc1)C(=O)Nc1cccc(SC(C)C(=O)Nc2c(C)cccc2C)c1. The first-order valence-electron chi connectivity index (χ1n) is 13.3. The molecule has 6 nitrogen and oxygen atoms in total. The largest absolute Gasteiger partial charge is 0.325 e. The lowest BCUT2D eigenvalue weighted by Crippen LogP contribution is -2.30. The first kappa shape index (κ1) is 29.4. The zero-order valence-corrected chi connectivity index (χ0v) is 24.3. The van der Waals surface area contributed by atoms with Gasteiger partial charge >= 0.3 is 0 Å². The normalized spacial score (nSPS) is 11.9. The lowest BCUT2D eigenvalue weighted by Gasteiger charge is -2.16. The van der Waals surface area contributed by atoms with Gasteiger partial charge in [-0.1, -0.05) is 66.7 Å². The number of benzene rings is 4. The van der Waals surface area contributed by atoms with Crippen molar-refractivity contribution in [1.29, 1.82) is 0 Å². The molecule has 41 heavy (non-hydrogen) atoms. The molecule has 3 N–H and O–H groups in total. The maximum Gasteiger partial charge on any atom is 0.272 e. The Morgan fingerprint density at radius 2 is 1.37 bits per heavy atom. The van der Waals surface area contributed by atoms with Gasteiger partial charge in [0, 0.05) is 21.8 Å². The van der Waals surface area contributed by atoms with Crippen LogP contribution in [-0.2, 0) is 9.59 Å². The minimum atomic E-state index is -0.458. The van der Waals surface area contributed by atoms with Crippen molar-refractivity contribution in [2.75, 3.05) is 10.6 Å². The van der Waals surface area contributed by atoms with Crippen molar-refractivity contribution in [3.05, 3.63) is 131 Å². The highest BCUT2D eigenvalue weighted by Gasteiger charge is 2.18. The highest BCUT2D eigenvalue weighted by atomic mass is 32.2. The van der Waals surface area contributed by atoms with E-state index in [0.717, 1.165) is 32.8 Å². The van der Waals surface area contributed by atoms with Crippen LogP contribution in [0, 0.1) is 20.8 Å². The Morgan fingerprint density at radius 3 is 2.07 bits per heavy atom. The van der Waals surface area contributed by atoms with E-state index in [1.165, 1.54) is 11.8 Å². The van der Waals surface area contributed by atoms with Crippen molar-refractivity contribution in [2.24, 2.45) is 0 Å². The lowest BCUT2D eigenvalue weighted by atomic mass is 10.1. The lowest BCUT2D eigenvalue weighted by molar-refractivity contribution is -0.115. The van der Waals surface area contributed by atoms with Gasteiger partial charge in [-0.15, -0.1) is 11.8 Å². The number of aryl methyl sites for hydroxylation is 3. The van der Waals surface area contributed by atoms with Crippen LogP contribution in [0.5, 0.6) is 0 Å². The smallest absolute Gasteiger partial charge is 0.272 e. The summed E-state index contributed by atoms with van der Waals surface area (Å²) >= 11 is 1.40. The Kier molecular flexibility index (Phi) is 9.77. The Hall–Kier alpha value is -4.62. The maximum absolute atomic E-state index is 13.4. The maximum atomic E-state index is 13.4. The minimum absolute atomic E-state index is 0.103. The van der Waals surface area contributed by atoms with Gasteiger partial charge in [-0.25, -0.2) is 0 Å². The molecule has 7 heteroatoms. The van der Waals surface area contributed by atoms with Crippen LogP contribution in [0.2, 0.25) is 0 Å². The standard InChI is InChI=1S/C34H33N3O3S/c1-22-12-8-9-17-27(22)20-30(36-33(39)26-15-6-5-7-16-26)34(40)35-28-18-11-19-29(21-28)41-25(4)32(38)37-31-23(2)13-10-14-24(31)3/h5-21,25H,1-4H3,(H,35,40)(H,36,39)(H,37,38)/b30-20-. The van der Waals surface area contributed by atoms with Crippen LogP contribution in [0.1, 0.15) is 39.5 Å². The Balaban J connectivity index is 1.49. The molecule has 0 aliphatic carbocycles. The number of hydrogen-bond acceptors (Lipinski definition) is 4. The number of para-hydroxylation sites is 1. The summed E-state index contributed by atoms with van der Waals surface area (Å²) in [6.07, 6.45) is 1.67. The van der Waals surface area contributed by atoms with Crippen LogP contribution in [0.4, 0.5) is 11.4 Å². The zero-order chi connectivity index (χ0) is 29.4. The van der Waals surface area contributed by atoms with Gasteiger partial charge in [0.15, 0.2) is 0 Å². The molecule has 4 aromatic carbocycles. The molecule has 0 bridgehead atoms. The van der Waals surface area contributed by atoms with Gasteiger partial charge in [0.2, 0.25) is 5.91 Å². The fourth-order valence-electron chi connectivity index (χ4n) is 4.19. The summed E-state index contributed by atoms with van der Waals surface area (Å²) in [7, 11) is 0. The van der Waals surface area contributed by atoms with E-state index in [1.807, 2.05) is 94.4 Å². The van der Waals surface area contributed by atoms with Crippen molar-refractivity contribution in [2.45, 2.75) is 37.8 Å². The summed E-state index contributed by atoms with van der Waals surface area (Å²) in [5.74, 6) is -0.942. The molecule has 0 fully saturated rings. The first-order chi connectivity index (χ1) is 19.7. The second kappa shape index (κ2) is 13.6. The molecule has 0 heterocycles. The fourth-order valence-corrected chi connectivity index (χ4v) is 5.11. The highest BCUT2D eigenvalue weighted by Crippen LogP contribution is 2.28. The minimum Gasteiger partial charge on any atom is -0.325 e. The molecule has 3 amide bonds. The summed E-state index contributed by atoms with van der Waals surface area (Å²) in [6, 6.07) is 29.6. The number of hydrogen-bond donors (Lipinski definition) is 3. The van der Waals surface area contributed by atoms with E-state index >= 15 is 0 Å². The van der Waals surface area contributed by atoms with Crippen LogP contribution < -0.4 is 16.0 Å². The monoisotopic (exact) mass is 563 g/mol. The molecule has 0 radical (unpaired) electrons. The third-order valence-electron chi connectivity index (χ3n) is 6.52. The predicted molar refractivity (Wildman–Crippen MR) is 168 cm³/mol. The number of rotatable bonds is 9. The average Bonchev–Trinajstić information content (AvgIpc) is 2.96. The van der Waals surface area contributed by atoms with Crippen LogP contribution in [-0.4, -0.2) is 23.0 Å². The van der Waals surface area contributed by atoms with E-state index in [4.69, 9.17) is 0 Å². The van der Waals surface area contributed by atoms with Crippen LogP contribution >= 0.6 is 11.8 Å². The van der Waals surface area contributed by atoms with Crippen LogP contribution in [0.3, 0.4) is 0 Å². The molecule has 0 saturated heterocycles.